The molecule has 0 spiro atoms. The fourth-order valence-electron chi connectivity index (χ4n) is 1.64. The van der Waals surface area contributed by atoms with Gasteiger partial charge in [0.15, 0.2) is 0 Å². The average Bonchev–Trinajstić information content (AvgIpc) is 1.91. The summed E-state index contributed by atoms with van der Waals surface area (Å²) in [5.74, 6) is 1.63. The maximum atomic E-state index is 3.66. The van der Waals surface area contributed by atoms with Crippen LogP contribution in [0.1, 0.15) is 6.42 Å². The van der Waals surface area contributed by atoms with Crippen LogP contribution in [0, 0.1) is 11.8 Å². The van der Waals surface area contributed by atoms with Gasteiger partial charge in [-0.05, 0) is 12.3 Å². The summed E-state index contributed by atoms with van der Waals surface area (Å²) in [7, 11) is 0. The molecule has 9 heavy (non-hydrogen) atoms. The van der Waals surface area contributed by atoms with Crippen LogP contribution < -0.4 is 0 Å². The monoisotopic (exact) mass is 250 g/mol. The Morgan fingerprint density at radius 1 is 1.22 bits per heavy atom. The summed E-state index contributed by atoms with van der Waals surface area (Å²) < 4.78 is 0. The van der Waals surface area contributed by atoms with Crippen molar-refractivity contribution in [1.29, 1.82) is 0 Å². The Labute approximate surface area is 72.0 Å². The molecule has 2 heteroatoms. The molecule has 0 nitrogen and oxygen atoms in total. The van der Waals surface area contributed by atoms with Gasteiger partial charge >= 0.3 is 0 Å². The topological polar surface area (TPSA) is 0 Å². The summed E-state index contributed by atoms with van der Waals surface area (Å²) in [4.78, 5) is 1.51. The summed E-state index contributed by atoms with van der Waals surface area (Å²) in [6.45, 7) is 0. The van der Waals surface area contributed by atoms with Gasteiger partial charge in [0.25, 0.3) is 0 Å². The van der Waals surface area contributed by atoms with E-state index in [0.717, 1.165) is 21.5 Å². The lowest BCUT2D eigenvalue weighted by Gasteiger charge is -2.48. The van der Waals surface area contributed by atoms with Gasteiger partial charge in [0.1, 0.15) is 0 Å². The second kappa shape index (κ2) is 2.09. The van der Waals surface area contributed by atoms with E-state index < -0.39 is 0 Å². The van der Waals surface area contributed by atoms with Crippen LogP contribution in [-0.4, -0.2) is 9.65 Å². The van der Waals surface area contributed by atoms with Gasteiger partial charge < -0.3 is 0 Å². The minimum Gasteiger partial charge on any atom is -0.0880 e. The van der Waals surface area contributed by atoms with Crippen molar-refractivity contribution in [3.63, 3.8) is 0 Å². The van der Waals surface area contributed by atoms with Crippen LogP contribution in [0.2, 0.25) is 0 Å². The number of hydrogen-bond donors (Lipinski definition) is 0. The molecule has 50 valence electrons. The third-order valence-electron chi connectivity index (χ3n) is 2.32. The highest BCUT2D eigenvalue weighted by atomic mass is 79.9. The third kappa shape index (κ3) is 0.758. The van der Waals surface area contributed by atoms with E-state index >= 15 is 0 Å². The number of fused-ring (bicyclic) bond motifs is 1. The summed E-state index contributed by atoms with van der Waals surface area (Å²) >= 11 is 7.33. The molecule has 0 heterocycles. The first-order valence-corrected chi connectivity index (χ1v) is 5.08. The second-order valence-corrected chi connectivity index (χ2v) is 4.91. The highest BCUT2D eigenvalue weighted by Gasteiger charge is 2.47. The highest BCUT2D eigenvalue weighted by molar-refractivity contribution is 9.10. The molecule has 1 fully saturated rings. The van der Waals surface area contributed by atoms with Crippen molar-refractivity contribution >= 4 is 31.9 Å². The predicted molar refractivity (Wildman–Crippen MR) is 46.2 cm³/mol. The standard InChI is InChI=1S/C7H8Br2/c8-6-4-2-1-3-5(6)7(4)9/h1-2,4-7H,3H2/t4?,5?,6-,7?/m1/s1. The zero-order valence-electron chi connectivity index (χ0n) is 4.93. The second-order valence-electron chi connectivity index (χ2n) is 2.79. The smallest absolute Gasteiger partial charge is 0.0261 e. The molecule has 0 radical (unpaired) electrons. The fourth-order valence-corrected chi connectivity index (χ4v) is 4.56. The van der Waals surface area contributed by atoms with Crippen molar-refractivity contribution in [2.45, 2.75) is 16.1 Å². The van der Waals surface area contributed by atoms with Gasteiger partial charge in [-0.25, -0.2) is 0 Å². The summed E-state index contributed by atoms with van der Waals surface area (Å²) in [5, 5.41) is 0. The summed E-state index contributed by atoms with van der Waals surface area (Å²) in [5.41, 5.74) is 0. The Hall–Kier alpha value is 0.700. The van der Waals surface area contributed by atoms with Gasteiger partial charge in [-0.2, -0.15) is 0 Å². The SMILES string of the molecule is BrC1C2C=CCC1[C@@H]2Br. The van der Waals surface area contributed by atoms with Crippen molar-refractivity contribution in [1.82, 2.24) is 0 Å². The van der Waals surface area contributed by atoms with E-state index in [2.05, 4.69) is 44.0 Å². The Bertz CT molecular complexity index is 143. The van der Waals surface area contributed by atoms with Gasteiger partial charge in [0.2, 0.25) is 0 Å². The predicted octanol–water partition coefficient (Wildman–Crippen LogP) is 2.72. The molecule has 0 N–H and O–H groups in total. The molecule has 3 aliphatic carbocycles. The molecule has 2 bridgehead atoms. The largest absolute Gasteiger partial charge is 0.0880 e. The molecule has 0 saturated heterocycles. The van der Waals surface area contributed by atoms with Gasteiger partial charge in [0, 0.05) is 15.6 Å². The number of rotatable bonds is 0. The average molecular weight is 252 g/mol. The molecule has 0 aromatic heterocycles. The van der Waals surface area contributed by atoms with Gasteiger partial charge in [-0.1, -0.05) is 44.0 Å². The van der Waals surface area contributed by atoms with Crippen LogP contribution in [0.25, 0.3) is 0 Å². The van der Waals surface area contributed by atoms with E-state index in [1.807, 2.05) is 0 Å². The third-order valence-corrected chi connectivity index (χ3v) is 4.90. The van der Waals surface area contributed by atoms with Crippen molar-refractivity contribution in [2.24, 2.45) is 11.8 Å². The zero-order chi connectivity index (χ0) is 6.43. The van der Waals surface area contributed by atoms with Gasteiger partial charge in [-0.15, -0.1) is 0 Å². The summed E-state index contributed by atoms with van der Waals surface area (Å²) in [6, 6.07) is 0. The normalized spacial score (nSPS) is 54.9. The van der Waals surface area contributed by atoms with E-state index in [4.69, 9.17) is 0 Å². The van der Waals surface area contributed by atoms with Crippen molar-refractivity contribution < 1.29 is 0 Å². The first-order chi connectivity index (χ1) is 4.30. The molecule has 3 aliphatic rings. The van der Waals surface area contributed by atoms with E-state index in [-0.39, 0.29) is 0 Å². The lowest BCUT2D eigenvalue weighted by molar-refractivity contribution is 0.266. The minimum atomic E-state index is 0.756. The Kier molecular flexibility index (Phi) is 1.49. The highest BCUT2D eigenvalue weighted by Crippen LogP contribution is 2.50. The lowest BCUT2D eigenvalue weighted by atomic mass is 9.69. The Morgan fingerprint density at radius 2 is 1.89 bits per heavy atom. The maximum absolute atomic E-state index is 3.66. The lowest BCUT2D eigenvalue weighted by Crippen LogP contribution is -2.49. The molecule has 4 atom stereocenters. The minimum absolute atomic E-state index is 0.756. The molecule has 3 unspecified atom stereocenters. The van der Waals surface area contributed by atoms with Crippen LogP contribution in [0.5, 0.6) is 0 Å². The molecular weight excluding hydrogens is 244 g/mol. The van der Waals surface area contributed by atoms with Crippen molar-refractivity contribution in [3.8, 4) is 0 Å². The Balaban J connectivity index is 2.21. The zero-order valence-corrected chi connectivity index (χ0v) is 8.10. The first-order valence-electron chi connectivity index (χ1n) is 3.25. The molecule has 0 aromatic carbocycles. The molecule has 0 aliphatic heterocycles. The van der Waals surface area contributed by atoms with Crippen LogP contribution in [-0.2, 0) is 0 Å². The van der Waals surface area contributed by atoms with Crippen LogP contribution in [0.15, 0.2) is 12.2 Å². The first kappa shape index (κ1) is 6.41. The van der Waals surface area contributed by atoms with Crippen molar-refractivity contribution in [3.05, 3.63) is 12.2 Å². The summed E-state index contributed by atoms with van der Waals surface area (Å²) in [6.07, 6.45) is 5.87. The van der Waals surface area contributed by atoms with E-state index in [1.54, 1.807) is 0 Å². The molecule has 0 amide bonds. The Morgan fingerprint density at radius 3 is 2.11 bits per heavy atom. The number of allylic oxidation sites excluding steroid dienone is 2. The maximum Gasteiger partial charge on any atom is 0.0261 e. The van der Waals surface area contributed by atoms with Crippen molar-refractivity contribution in [2.75, 3.05) is 0 Å². The molecule has 1 saturated carbocycles. The van der Waals surface area contributed by atoms with Crippen LogP contribution >= 0.6 is 31.9 Å². The van der Waals surface area contributed by atoms with Gasteiger partial charge in [0.05, 0.1) is 0 Å². The van der Waals surface area contributed by atoms with E-state index in [0.29, 0.717) is 0 Å². The quantitative estimate of drug-likeness (QED) is 0.459. The van der Waals surface area contributed by atoms with Crippen LogP contribution in [0.4, 0.5) is 0 Å². The van der Waals surface area contributed by atoms with E-state index in [1.165, 1.54) is 6.42 Å². The molecule has 3 rings (SSSR count). The molecular formula is C7H8Br2. The van der Waals surface area contributed by atoms with Crippen LogP contribution in [0.3, 0.4) is 0 Å². The van der Waals surface area contributed by atoms with Gasteiger partial charge in [-0.3, -0.25) is 0 Å². The van der Waals surface area contributed by atoms with E-state index in [9.17, 15) is 0 Å². The molecule has 0 aromatic rings. The number of hydrogen-bond acceptors (Lipinski definition) is 0. The number of alkyl halides is 2. The number of halogens is 2. The fraction of sp³-hybridized carbons (Fsp3) is 0.714.